The zero-order valence-electron chi connectivity index (χ0n) is 11.0. The minimum Gasteiger partial charge on any atom is -0.378 e. The minimum absolute atomic E-state index is 0.0447. The molecule has 1 saturated carbocycles. The van der Waals surface area contributed by atoms with Crippen LogP contribution in [0, 0.1) is 16.7 Å². The number of amides is 2. The first-order valence-electron chi connectivity index (χ1n) is 6.73. The van der Waals surface area contributed by atoms with E-state index in [4.69, 9.17) is 10.00 Å². The smallest absolute Gasteiger partial charge is 0.238 e. The van der Waals surface area contributed by atoms with Crippen LogP contribution in [-0.2, 0) is 14.3 Å². The van der Waals surface area contributed by atoms with Gasteiger partial charge in [-0.3, -0.25) is 9.59 Å². The van der Waals surface area contributed by atoms with Crippen LogP contribution in [0.25, 0.3) is 0 Å². The molecule has 2 fully saturated rings. The van der Waals surface area contributed by atoms with E-state index in [1.54, 1.807) is 4.90 Å². The normalized spacial score (nSPS) is 21.7. The number of nitriles is 1. The third-order valence-electron chi connectivity index (χ3n) is 3.93. The second-order valence-electron chi connectivity index (χ2n) is 5.03. The molecular weight excluding hydrogens is 246 g/mol. The second kappa shape index (κ2) is 6.02. The molecule has 0 aromatic carbocycles. The molecule has 1 saturated heterocycles. The third kappa shape index (κ3) is 2.71. The van der Waals surface area contributed by atoms with Gasteiger partial charge >= 0.3 is 0 Å². The highest BCUT2D eigenvalue weighted by molar-refractivity contribution is 6.05. The average molecular weight is 265 g/mol. The van der Waals surface area contributed by atoms with E-state index in [1.165, 1.54) is 0 Å². The molecule has 2 rings (SSSR count). The van der Waals surface area contributed by atoms with Gasteiger partial charge in [-0.05, 0) is 12.8 Å². The Kier molecular flexibility index (Phi) is 4.38. The number of carbonyl (C=O) groups excluding carboxylic acids is 2. The Morgan fingerprint density at radius 2 is 1.89 bits per heavy atom. The van der Waals surface area contributed by atoms with Crippen molar-refractivity contribution in [3.63, 3.8) is 0 Å². The number of rotatable bonds is 3. The summed E-state index contributed by atoms with van der Waals surface area (Å²) >= 11 is 0. The SMILES string of the molecule is N#CCNC(=O)C1(C(=O)N2CCOCC2)CCCC1. The van der Waals surface area contributed by atoms with Gasteiger partial charge in [-0.15, -0.1) is 0 Å². The lowest BCUT2D eigenvalue weighted by Gasteiger charge is -2.35. The summed E-state index contributed by atoms with van der Waals surface area (Å²) in [6.07, 6.45) is 2.94. The highest BCUT2D eigenvalue weighted by Gasteiger charge is 2.49. The predicted molar refractivity (Wildman–Crippen MR) is 66.9 cm³/mol. The van der Waals surface area contributed by atoms with Crippen molar-refractivity contribution in [3.05, 3.63) is 0 Å². The van der Waals surface area contributed by atoms with Crippen LogP contribution in [0.4, 0.5) is 0 Å². The number of nitrogens with one attached hydrogen (secondary N) is 1. The molecule has 1 aliphatic heterocycles. The average Bonchev–Trinajstić information content (AvgIpc) is 2.95. The summed E-state index contributed by atoms with van der Waals surface area (Å²) in [7, 11) is 0. The van der Waals surface area contributed by atoms with Crippen LogP contribution in [0.2, 0.25) is 0 Å². The Morgan fingerprint density at radius 1 is 1.26 bits per heavy atom. The van der Waals surface area contributed by atoms with Crippen molar-refractivity contribution in [1.82, 2.24) is 10.2 Å². The van der Waals surface area contributed by atoms with Gasteiger partial charge in [0.25, 0.3) is 0 Å². The second-order valence-corrected chi connectivity index (χ2v) is 5.03. The summed E-state index contributed by atoms with van der Waals surface area (Å²) in [6, 6.07) is 1.88. The van der Waals surface area contributed by atoms with Crippen LogP contribution in [-0.4, -0.2) is 49.6 Å². The molecule has 1 N–H and O–H groups in total. The van der Waals surface area contributed by atoms with Gasteiger partial charge in [0.2, 0.25) is 11.8 Å². The van der Waals surface area contributed by atoms with Gasteiger partial charge in [0.15, 0.2) is 0 Å². The van der Waals surface area contributed by atoms with Crippen LogP contribution < -0.4 is 5.32 Å². The Bertz CT molecular complexity index is 390. The van der Waals surface area contributed by atoms with Crippen molar-refractivity contribution in [2.45, 2.75) is 25.7 Å². The third-order valence-corrected chi connectivity index (χ3v) is 3.93. The standard InChI is InChI=1S/C13H19N3O3/c14-5-6-15-11(17)13(3-1-2-4-13)12(18)16-7-9-19-10-8-16/h1-4,6-10H2,(H,15,17). The van der Waals surface area contributed by atoms with Crippen molar-refractivity contribution in [2.24, 2.45) is 5.41 Å². The van der Waals surface area contributed by atoms with Gasteiger partial charge in [0, 0.05) is 13.1 Å². The summed E-state index contributed by atoms with van der Waals surface area (Å²) in [5, 5.41) is 11.1. The minimum atomic E-state index is -0.950. The Balaban J connectivity index is 2.11. The van der Waals surface area contributed by atoms with Gasteiger partial charge < -0.3 is 15.0 Å². The Hall–Kier alpha value is -1.61. The first-order valence-corrected chi connectivity index (χ1v) is 6.73. The van der Waals surface area contributed by atoms with E-state index in [0.717, 1.165) is 12.8 Å². The molecule has 6 nitrogen and oxygen atoms in total. The highest BCUT2D eigenvalue weighted by Crippen LogP contribution is 2.40. The van der Waals surface area contributed by atoms with Crippen LogP contribution >= 0.6 is 0 Å². The van der Waals surface area contributed by atoms with Crippen LogP contribution in [0.15, 0.2) is 0 Å². The van der Waals surface area contributed by atoms with Crippen molar-refractivity contribution in [2.75, 3.05) is 32.8 Å². The monoisotopic (exact) mass is 265 g/mol. The summed E-state index contributed by atoms with van der Waals surface area (Å²) in [5.74, 6) is -0.383. The van der Waals surface area contributed by atoms with E-state index in [0.29, 0.717) is 39.1 Å². The van der Waals surface area contributed by atoms with Gasteiger partial charge in [-0.1, -0.05) is 12.8 Å². The molecule has 2 amide bonds. The van der Waals surface area contributed by atoms with E-state index in [9.17, 15) is 9.59 Å². The zero-order chi connectivity index (χ0) is 13.7. The van der Waals surface area contributed by atoms with E-state index in [-0.39, 0.29) is 18.4 Å². The summed E-state index contributed by atoms with van der Waals surface area (Å²) in [4.78, 5) is 26.6. The van der Waals surface area contributed by atoms with E-state index in [2.05, 4.69) is 5.32 Å². The lowest BCUT2D eigenvalue weighted by Crippen LogP contribution is -2.54. The molecule has 0 unspecified atom stereocenters. The van der Waals surface area contributed by atoms with Crippen molar-refractivity contribution in [3.8, 4) is 6.07 Å². The molecule has 1 heterocycles. The number of nitrogens with zero attached hydrogens (tertiary/aromatic N) is 2. The van der Waals surface area contributed by atoms with E-state index in [1.807, 2.05) is 6.07 Å². The maximum absolute atomic E-state index is 12.7. The topological polar surface area (TPSA) is 82.4 Å². The summed E-state index contributed by atoms with van der Waals surface area (Å²) in [5.41, 5.74) is -0.950. The molecule has 0 atom stereocenters. The first kappa shape index (κ1) is 13.8. The van der Waals surface area contributed by atoms with Crippen LogP contribution in [0.1, 0.15) is 25.7 Å². The quantitative estimate of drug-likeness (QED) is 0.577. The van der Waals surface area contributed by atoms with Gasteiger partial charge in [0.05, 0.1) is 19.3 Å². The zero-order valence-corrected chi connectivity index (χ0v) is 11.0. The van der Waals surface area contributed by atoms with E-state index < -0.39 is 5.41 Å². The summed E-state index contributed by atoms with van der Waals surface area (Å²) in [6.45, 7) is 2.11. The lowest BCUT2D eigenvalue weighted by atomic mass is 9.83. The molecule has 0 aromatic rings. The largest absolute Gasteiger partial charge is 0.378 e. The van der Waals surface area contributed by atoms with Gasteiger partial charge in [-0.2, -0.15) is 5.26 Å². The molecule has 6 heteroatoms. The van der Waals surface area contributed by atoms with E-state index >= 15 is 0 Å². The Labute approximate surface area is 112 Å². The number of hydrogen-bond donors (Lipinski definition) is 1. The molecule has 0 aromatic heterocycles. The molecule has 2 aliphatic rings. The van der Waals surface area contributed by atoms with Crippen molar-refractivity contribution in [1.29, 1.82) is 5.26 Å². The van der Waals surface area contributed by atoms with Crippen molar-refractivity contribution >= 4 is 11.8 Å². The molecule has 0 spiro atoms. The van der Waals surface area contributed by atoms with Crippen molar-refractivity contribution < 1.29 is 14.3 Å². The molecule has 0 bridgehead atoms. The Morgan fingerprint density at radius 3 is 2.47 bits per heavy atom. The van der Waals surface area contributed by atoms with Gasteiger partial charge in [0.1, 0.15) is 12.0 Å². The fourth-order valence-electron chi connectivity index (χ4n) is 2.87. The fraction of sp³-hybridized carbons (Fsp3) is 0.769. The first-order chi connectivity index (χ1) is 9.20. The predicted octanol–water partition coefficient (Wildman–Crippen LogP) is 0.0454. The fourth-order valence-corrected chi connectivity index (χ4v) is 2.87. The summed E-state index contributed by atoms with van der Waals surface area (Å²) < 4.78 is 5.23. The van der Waals surface area contributed by atoms with Crippen LogP contribution in [0.3, 0.4) is 0 Å². The molecule has 19 heavy (non-hydrogen) atoms. The molecular formula is C13H19N3O3. The molecule has 0 radical (unpaired) electrons. The molecule has 1 aliphatic carbocycles. The highest BCUT2D eigenvalue weighted by atomic mass is 16.5. The lowest BCUT2D eigenvalue weighted by molar-refractivity contribution is -0.153. The van der Waals surface area contributed by atoms with Gasteiger partial charge in [-0.25, -0.2) is 0 Å². The number of morpholine rings is 1. The maximum atomic E-state index is 12.7. The number of hydrogen-bond acceptors (Lipinski definition) is 4. The molecule has 104 valence electrons. The number of ether oxygens (including phenoxy) is 1. The van der Waals surface area contributed by atoms with Crippen LogP contribution in [0.5, 0.6) is 0 Å². The maximum Gasteiger partial charge on any atom is 0.238 e. The number of carbonyl (C=O) groups is 2.